The molecule has 0 saturated heterocycles. The molecule has 0 atom stereocenters. The van der Waals surface area contributed by atoms with Gasteiger partial charge in [-0.1, -0.05) is 6.92 Å². The minimum absolute atomic E-state index is 0.209. The zero-order chi connectivity index (χ0) is 14.9. The van der Waals surface area contributed by atoms with Crippen LogP contribution in [0.3, 0.4) is 0 Å². The lowest BCUT2D eigenvalue weighted by Crippen LogP contribution is -2.34. The zero-order valence-electron chi connectivity index (χ0n) is 11.6. The van der Waals surface area contributed by atoms with Gasteiger partial charge in [-0.2, -0.15) is 9.40 Å². The number of aromatic amines is 1. The number of nitrogens with zero attached hydrogens (tertiary/aromatic N) is 2. The minimum Gasteiger partial charge on any atom is -0.476 e. The van der Waals surface area contributed by atoms with E-state index in [0.717, 1.165) is 12.8 Å². The molecule has 1 saturated carbocycles. The first-order valence-electron chi connectivity index (χ1n) is 6.66. The van der Waals surface area contributed by atoms with Crippen LogP contribution in [0.5, 0.6) is 0 Å². The molecule has 8 heteroatoms. The van der Waals surface area contributed by atoms with Crippen molar-refractivity contribution in [2.75, 3.05) is 13.1 Å². The van der Waals surface area contributed by atoms with Crippen LogP contribution in [0.15, 0.2) is 4.90 Å². The van der Waals surface area contributed by atoms with Gasteiger partial charge in [0, 0.05) is 13.1 Å². The van der Waals surface area contributed by atoms with Crippen molar-refractivity contribution in [1.82, 2.24) is 14.5 Å². The topological polar surface area (TPSA) is 103 Å². The third-order valence-corrected chi connectivity index (χ3v) is 5.35. The molecule has 0 amide bonds. The van der Waals surface area contributed by atoms with E-state index in [0.29, 0.717) is 25.4 Å². The van der Waals surface area contributed by atoms with Crippen LogP contribution >= 0.6 is 0 Å². The molecule has 112 valence electrons. The number of carbonyl (C=O) groups is 1. The summed E-state index contributed by atoms with van der Waals surface area (Å²) in [6, 6.07) is 0. The lowest BCUT2D eigenvalue weighted by Gasteiger charge is -2.21. The van der Waals surface area contributed by atoms with Crippen LogP contribution in [0.1, 0.15) is 42.4 Å². The van der Waals surface area contributed by atoms with Gasteiger partial charge in [0.15, 0.2) is 5.69 Å². The molecule has 1 aromatic rings. The summed E-state index contributed by atoms with van der Waals surface area (Å²) in [5.41, 5.74) is -0.168. The fourth-order valence-electron chi connectivity index (χ4n) is 2.16. The fraction of sp³-hybridized carbons (Fsp3) is 0.667. The third-order valence-electron chi connectivity index (χ3n) is 3.32. The quantitative estimate of drug-likeness (QED) is 0.788. The van der Waals surface area contributed by atoms with E-state index in [1.165, 1.54) is 11.2 Å². The summed E-state index contributed by atoms with van der Waals surface area (Å²) in [4.78, 5) is 10.9. The number of aryl methyl sites for hydroxylation is 1. The highest BCUT2D eigenvalue weighted by atomic mass is 32.2. The molecule has 1 aromatic heterocycles. The highest BCUT2D eigenvalue weighted by Gasteiger charge is 2.36. The van der Waals surface area contributed by atoms with Gasteiger partial charge in [0.05, 0.1) is 5.69 Å². The molecule has 2 rings (SSSR count). The number of H-pyrrole nitrogens is 1. The van der Waals surface area contributed by atoms with E-state index in [9.17, 15) is 13.2 Å². The van der Waals surface area contributed by atoms with Gasteiger partial charge in [-0.15, -0.1) is 0 Å². The normalized spacial score (nSPS) is 15.8. The second-order valence-corrected chi connectivity index (χ2v) is 7.01. The van der Waals surface area contributed by atoms with Gasteiger partial charge in [-0.3, -0.25) is 5.10 Å². The number of carboxylic acid groups (broad SMARTS) is 1. The van der Waals surface area contributed by atoms with Crippen LogP contribution < -0.4 is 0 Å². The van der Waals surface area contributed by atoms with E-state index in [-0.39, 0.29) is 10.6 Å². The van der Waals surface area contributed by atoms with Crippen molar-refractivity contribution >= 4 is 16.0 Å². The number of aromatic carboxylic acids is 1. The molecule has 1 aliphatic carbocycles. The van der Waals surface area contributed by atoms with E-state index < -0.39 is 21.7 Å². The molecular weight excluding hydrogens is 282 g/mol. The Labute approximate surface area is 118 Å². The first kappa shape index (κ1) is 15.0. The molecule has 7 nitrogen and oxygen atoms in total. The van der Waals surface area contributed by atoms with Gasteiger partial charge >= 0.3 is 5.97 Å². The first-order valence-corrected chi connectivity index (χ1v) is 8.10. The molecule has 2 N–H and O–H groups in total. The van der Waals surface area contributed by atoms with Crippen LogP contribution in [-0.4, -0.2) is 47.1 Å². The molecule has 20 heavy (non-hydrogen) atoms. The predicted molar refractivity (Wildman–Crippen MR) is 72.1 cm³/mol. The molecule has 0 radical (unpaired) electrons. The van der Waals surface area contributed by atoms with Gasteiger partial charge < -0.3 is 5.11 Å². The summed E-state index contributed by atoms with van der Waals surface area (Å²) in [6.45, 7) is 4.27. The van der Waals surface area contributed by atoms with Crippen molar-refractivity contribution in [2.24, 2.45) is 5.92 Å². The van der Waals surface area contributed by atoms with Crippen molar-refractivity contribution in [3.05, 3.63) is 11.4 Å². The Morgan fingerprint density at radius 3 is 2.65 bits per heavy atom. The summed E-state index contributed by atoms with van der Waals surface area (Å²) in [6.07, 6.45) is 2.75. The summed E-state index contributed by atoms with van der Waals surface area (Å²) in [7, 11) is -3.82. The monoisotopic (exact) mass is 301 g/mol. The minimum atomic E-state index is -3.82. The Balaban J connectivity index is 2.40. The third kappa shape index (κ3) is 2.85. The Hall–Kier alpha value is -1.41. The summed E-state index contributed by atoms with van der Waals surface area (Å²) < 4.78 is 26.8. The second kappa shape index (κ2) is 5.53. The summed E-state index contributed by atoms with van der Waals surface area (Å²) in [5, 5.41) is 15.1. The highest BCUT2D eigenvalue weighted by molar-refractivity contribution is 7.89. The van der Waals surface area contributed by atoms with Gasteiger partial charge in [-0.05, 0) is 32.1 Å². The molecule has 0 spiro atoms. The number of hydrogen-bond donors (Lipinski definition) is 2. The van der Waals surface area contributed by atoms with Gasteiger partial charge in [0.25, 0.3) is 0 Å². The van der Waals surface area contributed by atoms with Crippen LogP contribution in [0.25, 0.3) is 0 Å². The van der Waals surface area contributed by atoms with Crippen LogP contribution in [0.2, 0.25) is 0 Å². The lowest BCUT2D eigenvalue weighted by molar-refractivity contribution is 0.0686. The Morgan fingerprint density at radius 1 is 1.50 bits per heavy atom. The van der Waals surface area contributed by atoms with Crippen molar-refractivity contribution in [1.29, 1.82) is 0 Å². The van der Waals surface area contributed by atoms with Gasteiger partial charge in [-0.25, -0.2) is 13.2 Å². The SMILES string of the molecule is CCCN(CC1CC1)S(=O)(=O)c1c(C(=O)O)n[nH]c1C. The number of carboxylic acids is 1. The molecule has 1 heterocycles. The molecule has 0 aromatic carbocycles. The second-order valence-electron chi connectivity index (χ2n) is 5.14. The molecule has 1 aliphatic rings. The van der Waals surface area contributed by atoms with Crippen LogP contribution in [0.4, 0.5) is 0 Å². The van der Waals surface area contributed by atoms with E-state index in [1.54, 1.807) is 0 Å². The molecular formula is C12H19N3O4S. The van der Waals surface area contributed by atoms with Gasteiger partial charge in [0.1, 0.15) is 4.90 Å². The van der Waals surface area contributed by atoms with Crippen molar-refractivity contribution in [2.45, 2.75) is 38.0 Å². The maximum Gasteiger partial charge on any atom is 0.357 e. The highest BCUT2D eigenvalue weighted by Crippen LogP contribution is 2.32. The Kier molecular flexibility index (Phi) is 4.14. The average molecular weight is 301 g/mol. The van der Waals surface area contributed by atoms with Gasteiger partial charge in [0.2, 0.25) is 10.0 Å². The number of aromatic nitrogens is 2. The maximum absolute atomic E-state index is 12.7. The smallest absolute Gasteiger partial charge is 0.357 e. The zero-order valence-corrected chi connectivity index (χ0v) is 12.4. The predicted octanol–water partition coefficient (Wildman–Crippen LogP) is 1.23. The van der Waals surface area contributed by atoms with Crippen molar-refractivity contribution in [3.63, 3.8) is 0 Å². The Morgan fingerprint density at radius 2 is 2.15 bits per heavy atom. The van der Waals surface area contributed by atoms with Crippen molar-refractivity contribution in [3.8, 4) is 0 Å². The molecule has 0 bridgehead atoms. The lowest BCUT2D eigenvalue weighted by atomic mass is 10.4. The number of nitrogens with one attached hydrogen (secondary N) is 1. The average Bonchev–Trinajstić information content (AvgIpc) is 3.08. The van der Waals surface area contributed by atoms with E-state index in [4.69, 9.17) is 5.11 Å². The van der Waals surface area contributed by atoms with E-state index in [1.807, 2.05) is 6.92 Å². The maximum atomic E-state index is 12.7. The van der Waals surface area contributed by atoms with Crippen LogP contribution in [-0.2, 0) is 10.0 Å². The van der Waals surface area contributed by atoms with Crippen molar-refractivity contribution < 1.29 is 18.3 Å². The van der Waals surface area contributed by atoms with Crippen LogP contribution in [0, 0.1) is 12.8 Å². The Bertz CT molecular complexity index is 604. The largest absolute Gasteiger partial charge is 0.476 e. The number of sulfonamides is 1. The van der Waals surface area contributed by atoms with E-state index in [2.05, 4.69) is 10.2 Å². The number of rotatable bonds is 7. The standard InChI is InChI=1S/C12H19N3O4S/c1-3-6-15(7-9-4-5-9)20(18,19)11-8(2)13-14-10(11)12(16)17/h9H,3-7H2,1-2H3,(H,13,14)(H,16,17). The fourth-order valence-corrected chi connectivity index (χ4v) is 4.05. The summed E-state index contributed by atoms with van der Waals surface area (Å²) >= 11 is 0. The molecule has 0 aliphatic heterocycles. The number of hydrogen-bond acceptors (Lipinski definition) is 4. The molecule has 0 unspecified atom stereocenters. The van der Waals surface area contributed by atoms with E-state index >= 15 is 0 Å². The summed E-state index contributed by atoms with van der Waals surface area (Å²) in [5.74, 6) is -0.937. The molecule has 1 fully saturated rings. The first-order chi connectivity index (χ1) is 9.37.